The number of Topliss-reactive ketones (excluding diaryl/α,β-unsaturated/α-hetero) is 1. The first-order valence-corrected chi connectivity index (χ1v) is 8.77. The van der Waals surface area contributed by atoms with E-state index in [-0.39, 0.29) is 5.78 Å². The highest BCUT2D eigenvalue weighted by Gasteiger charge is 2.29. The summed E-state index contributed by atoms with van der Waals surface area (Å²) >= 11 is 0. The predicted octanol–water partition coefficient (Wildman–Crippen LogP) is 5.09. The number of benzene rings is 3. The second kappa shape index (κ2) is 7.18. The van der Waals surface area contributed by atoms with Crippen molar-refractivity contribution in [1.29, 1.82) is 0 Å². The van der Waals surface area contributed by atoms with E-state index in [4.69, 9.17) is 5.11 Å². The number of aromatic amines is 1. The zero-order chi connectivity index (χ0) is 20.6. The van der Waals surface area contributed by atoms with Gasteiger partial charge in [-0.2, -0.15) is 13.2 Å². The molecule has 0 radical (unpaired) electrons. The largest absolute Gasteiger partial charge is 0.416 e. The molecule has 3 aromatic carbocycles. The number of hydrogen-bond acceptors (Lipinski definition) is 3. The molecule has 1 heterocycles. The van der Waals surface area contributed by atoms with Gasteiger partial charge in [0.15, 0.2) is 5.78 Å². The number of alkyl halides is 3. The molecule has 0 saturated carbocycles. The number of aromatic nitrogens is 2. The summed E-state index contributed by atoms with van der Waals surface area (Å²) in [7, 11) is 0. The number of nitrogens with one attached hydrogen (secondary N) is 1. The Kier molecular flexibility index (Phi) is 4.68. The lowest BCUT2D eigenvalue weighted by atomic mass is 10.0. The standard InChI is InChI=1S/C22H15F3N2O2/c23-22(24,25)17-8-5-14(6-9-17)13-1-3-15(4-2-13)21-26-18-10-7-16(20(29)12-28)11-19(18)27-21/h1-11,28H,12H2,(H,26,27). The van der Waals surface area contributed by atoms with Crippen LogP contribution in [-0.2, 0) is 6.18 Å². The average Bonchev–Trinajstić information content (AvgIpc) is 3.16. The van der Waals surface area contributed by atoms with Gasteiger partial charge in [-0.1, -0.05) is 36.4 Å². The molecule has 4 aromatic rings. The van der Waals surface area contributed by atoms with Gasteiger partial charge in [-0.25, -0.2) is 4.98 Å². The molecule has 0 atom stereocenters. The highest BCUT2D eigenvalue weighted by atomic mass is 19.4. The smallest absolute Gasteiger partial charge is 0.388 e. The van der Waals surface area contributed by atoms with E-state index in [0.717, 1.165) is 23.3 Å². The summed E-state index contributed by atoms with van der Waals surface area (Å²) < 4.78 is 38.1. The summed E-state index contributed by atoms with van der Waals surface area (Å²) in [6.45, 7) is -0.558. The fraction of sp³-hybridized carbons (Fsp3) is 0.0909. The van der Waals surface area contributed by atoms with Gasteiger partial charge in [-0.15, -0.1) is 0 Å². The fourth-order valence-electron chi connectivity index (χ4n) is 3.08. The minimum atomic E-state index is -4.36. The number of fused-ring (bicyclic) bond motifs is 1. The molecule has 0 aliphatic heterocycles. The van der Waals surface area contributed by atoms with E-state index >= 15 is 0 Å². The molecule has 0 saturated heterocycles. The monoisotopic (exact) mass is 396 g/mol. The lowest BCUT2D eigenvalue weighted by molar-refractivity contribution is -0.137. The molecule has 0 aliphatic carbocycles. The van der Waals surface area contributed by atoms with Crippen LogP contribution in [0.1, 0.15) is 15.9 Å². The van der Waals surface area contributed by atoms with Crippen molar-refractivity contribution in [3.05, 3.63) is 77.9 Å². The Labute approximate surface area is 163 Å². The van der Waals surface area contributed by atoms with Gasteiger partial charge in [0, 0.05) is 11.1 Å². The molecule has 4 rings (SSSR count). The topological polar surface area (TPSA) is 66.0 Å². The van der Waals surface area contributed by atoms with Crippen LogP contribution in [0.2, 0.25) is 0 Å². The number of aliphatic hydroxyl groups is 1. The SMILES string of the molecule is O=C(CO)c1ccc2nc(-c3ccc(-c4ccc(C(F)(F)F)cc4)cc3)[nH]c2c1. The maximum absolute atomic E-state index is 12.7. The Hall–Kier alpha value is -3.45. The third-order valence-electron chi connectivity index (χ3n) is 4.65. The van der Waals surface area contributed by atoms with Crippen LogP contribution < -0.4 is 0 Å². The van der Waals surface area contributed by atoms with E-state index in [1.165, 1.54) is 12.1 Å². The first-order chi connectivity index (χ1) is 13.8. The molecule has 0 amide bonds. The predicted molar refractivity (Wildman–Crippen MR) is 103 cm³/mol. The van der Waals surface area contributed by atoms with Crippen molar-refractivity contribution >= 4 is 16.8 Å². The first-order valence-electron chi connectivity index (χ1n) is 8.77. The molecule has 2 N–H and O–H groups in total. The van der Waals surface area contributed by atoms with E-state index in [1.54, 1.807) is 18.2 Å². The normalized spacial score (nSPS) is 11.7. The van der Waals surface area contributed by atoms with Crippen molar-refractivity contribution in [3.63, 3.8) is 0 Å². The minimum absolute atomic E-state index is 0.371. The van der Waals surface area contributed by atoms with Gasteiger partial charge in [0.25, 0.3) is 0 Å². The van der Waals surface area contributed by atoms with Gasteiger partial charge in [-0.3, -0.25) is 4.79 Å². The number of carbonyl (C=O) groups is 1. The van der Waals surface area contributed by atoms with E-state index in [9.17, 15) is 18.0 Å². The van der Waals surface area contributed by atoms with Crippen LogP contribution in [0.25, 0.3) is 33.5 Å². The first kappa shape index (κ1) is 18.9. The number of hydrogen-bond donors (Lipinski definition) is 2. The summed E-state index contributed by atoms with van der Waals surface area (Å²) in [5.41, 5.74) is 3.34. The van der Waals surface area contributed by atoms with Crippen LogP contribution in [0.4, 0.5) is 13.2 Å². The van der Waals surface area contributed by atoms with Gasteiger partial charge in [0.05, 0.1) is 16.6 Å². The van der Waals surface area contributed by atoms with Crippen LogP contribution in [0, 0.1) is 0 Å². The molecular weight excluding hydrogens is 381 g/mol. The van der Waals surface area contributed by atoms with Crippen LogP contribution in [0.3, 0.4) is 0 Å². The molecule has 0 unspecified atom stereocenters. The molecule has 4 nitrogen and oxygen atoms in total. The molecule has 29 heavy (non-hydrogen) atoms. The number of rotatable bonds is 4. The molecule has 1 aromatic heterocycles. The van der Waals surface area contributed by atoms with Crippen molar-refractivity contribution in [2.45, 2.75) is 6.18 Å². The number of nitrogens with zero attached hydrogens (tertiary/aromatic N) is 1. The van der Waals surface area contributed by atoms with Gasteiger partial charge < -0.3 is 10.1 Å². The van der Waals surface area contributed by atoms with Crippen molar-refractivity contribution in [1.82, 2.24) is 9.97 Å². The van der Waals surface area contributed by atoms with Crippen molar-refractivity contribution < 1.29 is 23.1 Å². The van der Waals surface area contributed by atoms with Crippen molar-refractivity contribution in [2.24, 2.45) is 0 Å². The Morgan fingerprint density at radius 1 is 0.897 bits per heavy atom. The maximum atomic E-state index is 12.7. The van der Waals surface area contributed by atoms with Crippen LogP contribution in [0.5, 0.6) is 0 Å². The summed E-state index contributed by atoms with van der Waals surface area (Å²) in [6.07, 6.45) is -4.36. The fourth-order valence-corrected chi connectivity index (χ4v) is 3.08. The van der Waals surface area contributed by atoms with Crippen LogP contribution >= 0.6 is 0 Å². The highest BCUT2D eigenvalue weighted by molar-refractivity contribution is 5.99. The summed E-state index contributed by atoms with van der Waals surface area (Å²) in [5.74, 6) is 0.233. The Balaban J connectivity index is 1.61. The lowest BCUT2D eigenvalue weighted by Crippen LogP contribution is -2.03. The van der Waals surface area contributed by atoms with E-state index < -0.39 is 18.3 Å². The van der Waals surface area contributed by atoms with Crippen LogP contribution in [0.15, 0.2) is 66.7 Å². The number of ketones is 1. The number of carbonyl (C=O) groups excluding carboxylic acids is 1. The van der Waals surface area contributed by atoms with E-state index in [1.807, 2.05) is 24.3 Å². The molecule has 0 aliphatic rings. The maximum Gasteiger partial charge on any atom is 0.416 e. The average molecular weight is 396 g/mol. The van der Waals surface area contributed by atoms with Gasteiger partial charge >= 0.3 is 6.18 Å². The number of H-pyrrole nitrogens is 1. The van der Waals surface area contributed by atoms with E-state index in [2.05, 4.69) is 9.97 Å². The summed E-state index contributed by atoms with van der Waals surface area (Å²) in [5, 5.41) is 8.99. The lowest BCUT2D eigenvalue weighted by Gasteiger charge is -2.08. The van der Waals surface area contributed by atoms with Crippen LogP contribution in [-0.4, -0.2) is 27.5 Å². The molecule has 0 spiro atoms. The zero-order valence-electron chi connectivity index (χ0n) is 15.0. The second-order valence-electron chi connectivity index (χ2n) is 6.55. The number of aliphatic hydroxyl groups excluding tert-OH is 1. The Morgan fingerprint density at radius 2 is 1.48 bits per heavy atom. The zero-order valence-corrected chi connectivity index (χ0v) is 15.0. The molecule has 146 valence electrons. The molecular formula is C22H15F3N2O2. The van der Waals surface area contributed by atoms with Crippen molar-refractivity contribution in [2.75, 3.05) is 6.61 Å². The molecule has 0 bridgehead atoms. The summed E-state index contributed by atoms with van der Waals surface area (Å²) in [4.78, 5) is 19.3. The third-order valence-corrected chi connectivity index (χ3v) is 4.65. The second-order valence-corrected chi connectivity index (χ2v) is 6.55. The molecule has 7 heteroatoms. The summed E-state index contributed by atoms with van der Waals surface area (Å²) in [6, 6.07) is 17.2. The Bertz CT molecular complexity index is 1180. The molecule has 0 fully saturated rings. The van der Waals surface area contributed by atoms with Gasteiger partial charge in [0.1, 0.15) is 12.4 Å². The van der Waals surface area contributed by atoms with Gasteiger partial charge in [-0.05, 0) is 41.5 Å². The van der Waals surface area contributed by atoms with Gasteiger partial charge in [0.2, 0.25) is 0 Å². The van der Waals surface area contributed by atoms with Crippen molar-refractivity contribution in [3.8, 4) is 22.5 Å². The number of imidazole rings is 1. The number of halogens is 3. The third kappa shape index (κ3) is 3.77. The quantitative estimate of drug-likeness (QED) is 0.472. The van der Waals surface area contributed by atoms with E-state index in [0.29, 0.717) is 28.0 Å². The minimum Gasteiger partial charge on any atom is -0.388 e. The Morgan fingerprint density at radius 3 is 2.07 bits per heavy atom. The highest BCUT2D eigenvalue weighted by Crippen LogP contribution is 2.31.